The van der Waals surface area contributed by atoms with Crippen LogP contribution in [0, 0.1) is 0 Å². The molecular formula is C55H109N. The molecule has 0 saturated heterocycles. The zero-order valence-electron chi connectivity index (χ0n) is 39.7. The molecule has 56 heavy (non-hydrogen) atoms. The quantitative estimate of drug-likeness (QED) is 0.0439. The maximum atomic E-state index is 2.87. The molecule has 0 atom stereocenters. The summed E-state index contributed by atoms with van der Waals surface area (Å²) in [5.41, 5.74) is 0. The van der Waals surface area contributed by atoms with Crippen molar-refractivity contribution in [3.8, 4) is 0 Å². The van der Waals surface area contributed by atoms with Gasteiger partial charge in [-0.1, -0.05) is 263 Å². The van der Waals surface area contributed by atoms with Gasteiger partial charge in [0.2, 0.25) is 0 Å². The van der Waals surface area contributed by atoms with Crippen LogP contribution in [0.4, 0.5) is 0 Å². The van der Waals surface area contributed by atoms with Crippen molar-refractivity contribution < 1.29 is 0 Å². The summed E-state index contributed by atoms with van der Waals surface area (Å²) in [6, 6.07) is 0. The van der Waals surface area contributed by atoms with E-state index in [9.17, 15) is 0 Å². The summed E-state index contributed by atoms with van der Waals surface area (Å²) in [5.74, 6) is 0. The Labute approximate surface area is 357 Å². The number of hydrogen-bond donors (Lipinski definition) is 0. The van der Waals surface area contributed by atoms with Gasteiger partial charge in [-0.2, -0.15) is 0 Å². The first-order chi connectivity index (χ1) is 27.8. The smallest absolute Gasteiger partial charge is 0.00187 e. The Kier molecular flexibility index (Phi) is 51.9. The van der Waals surface area contributed by atoms with Crippen LogP contribution < -0.4 is 0 Å². The zero-order valence-corrected chi connectivity index (χ0v) is 39.7. The molecule has 0 spiro atoms. The largest absolute Gasteiger partial charge is 0.303 e. The second-order valence-corrected chi connectivity index (χ2v) is 18.4. The zero-order chi connectivity index (χ0) is 40.3. The van der Waals surface area contributed by atoms with Gasteiger partial charge in [-0.05, 0) is 90.3 Å². The summed E-state index contributed by atoms with van der Waals surface area (Å²) < 4.78 is 0. The van der Waals surface area contributed by atoms with Crippen LogP contribution in [-0.2, 0) is 0 Å². The predicted octanol–water partition coefficient (Wildman–Crippen LogP) is 20.0. The van der Waals surface area contributed by atoms with E-state index in [1.807, 2.05) is 0 Å². The van der Waals surface area contributed by atoms with Crippen LogP contribution in [-0.4, -0.2) is 24.5 Å². The first kappa shape index (κ1) is 55.4. The van der Waals surface area contributed by atoms with Crippen LogP contribution in [0.1, 0.15) is 310 Å². The fraction of sp³-hybridized carbons (Fsp3) is 0.927. The van der Waals surface area contributed by atoms with Crippen molar-refractivity contribution in [2.45, 2.75) is 310 Å². The number of hydrogen-bond acceptors (Lipinski definition) is 1. The monoisotopic (exact) mass is 784 g/mol. The summed E-state index contributed by atoms with van der Waals surface area (Å²) in [6.45, 7) is 11.0. The Hall–Kier alpha value is -0.560. The van der Waals surface area contributed by atoms with Crippen molar-refractivity contribution in [2.75, 3.05) is 19.6 Å². The molecule has 0 aromatic carbocycles. The minimum atomic E-state index is 1.30. The minimum Gasteiger partial charge on any atom is -0.303 e. The van der Waals surface area contributed by atoms with E-state index in [1.165, 1.54) is 309 Å². The standard InChI is InChI=1S/C55H109N/c1-4-7-10-13-16-19-22-25-28-31-34-37-40-43-46-49-52-55-56(53-50-47-44-41-38-35-32-29-26-23-20-17-14-11-8-5-2)54-51-48-45-42-39-36-33-30-27-24-21-18-15-12-9-6-3/h26-27,29-30H,4-25,28,31-55H2,1-3H3. The molecule has 0 fully saturated rings. The molecule has 0 radical (unpaired) electrons. The summed E-state index contributed by atoms with van der Waals surface area (Å²) in [5, 5.41) is 0. The van der Waals surface area contributed by atoms with Crippen LogP contribution in [0.3, 0.4) is 0 Å². The van der Waals surface area contributed by atoms with Gasteiger partial charge in [0.25, 0.3) is 0 Å². The summed E-state index contributed by atoms with van der Waals surface area (Å²) in [7, 11) is 0. The Morgan fingerprint density at radius 2 is 0.357 bits per heavy atom. The van der Waals surface area contributed by atoms with Gasteiger partial charge in [0.05, 0.1) is 0 Å². The Bertz CT molecular complexity index is 681. The van der Waals surface area contributed by atoms with E-state index in [2.05, 4.69) is 50.0 Å². The molecule has 334 valence electrons. The van der Waals surface area contributed by atoms with Gasteiger partial charge < -0.3 is 4.90 Å². The van der Waals surface area contributed by atoms with E-state index in [-0.39, 0.29) is 0 Å². The topological polar surface area (TPSA) is 3.24 Å². The van der Waals surface area contributed by atoms with Crippen LogP contribution in [0.2, 0.25) is 0 Å². The van der Waals surface area contributed by atoms with Crippen molar-refractivity contribution in [3.05, 3.63) is 24.3 Å². The molecule has 0 amide bonds. The highest BCUT2D eigenvalue weighted by Crippen LogP contribution is 2.16. The van der Waals surface area contributed by atoms with Gasteiger partial charge in [0.15, 0.2) is 0 Å². The normalized spacial score (nSPS) is 12.1. The van der Waals surface area contributed by atoms with Crippen LogP contribution in [0.25, 0.3) is 0 Å². The summed E-state index contributed by atoms with van der Waals surface area (Å²) in [6.07, 6.45) is 74.1. The molecule has 0 aromatic heterocycles. The van der Waals surface area contributed by atoms with Crippen molar-refractivity contribution in [3.63, 3.8) is 0 Å². The molecule has 0 aliphatic heterocycles. The van der Waals surface area contributed by atoms with Crippen LogP contribution in [0.15, 0.2) is 24.3 Å². The SMILES string of the molecule is CCCCCCCCC=CCCCCCCCCN(CCCCCCCCC=CCCCCCCCC)CCCCCCCCCCCCCCCCCCC. The van der Waals surface area contributed by atoms with Crippen molar-refractivity contribution in [1.82, 2.24) is 4.90 Å². The fourth-order valence-corrected chi connectivity index (χ4v) is 8.56. The van der Waals surface area contributed by atoms with Gasteiger partial charge in [-0.15, -0.1) is 0 Å². The molecule has 0 bridgehead atoms. The summed E-state index contributed by atoms with van der Waals surface area (Å²) in [4.78, 5) is 2.87. The van der Waals surface area contributed by atoms with Crippen molar-refractivity contribution in [1.29, 1.82) is 0 Å². The van der Waals surface area contributed by atoms with E-state index in [4.69, 9.17) is 0 Å². The lowest BCUT2D eigenvalue weighted by molar-refractivity contribution is 0.254. The number of rotatable bonds is 50. The average molecular weight is 784 g/mol. The molecule has 1 nitrogen and oxygen atoms in total. The number of allylic oxidation sites excluding steroid dienone is 4. The Morgan fingerprint density at radius 3 is 0.554 bits per heavy atom. The van der Waals surface area contributed by atoms with Gasteiger partial charge >= 0.3 is 0 Å². The van der Waals surface area contributed by atoms with Crippen LogP contribution in [0.5, 0.6) is 0 Å². The first-order valence-corrected chi connectivity index (χ1v) is 26.9. The Morgan fingerprint density at radius 1 is 0.196 bits per heavy atom. The highest BCUT2D eigenvalue weighted by molar-refractivity contribution is 4.82. The van der Waals surface area contributed by atoms with Crippen molar-refractivity contribution >= 4 is 0 Å². The maximum Gasteiger partial charge on any atom is -0.00187 e. The highest BCUT2D eigenvalue weighted by atomic mass is 15.1. The third kappa shape index (κ3) is 49.6. The highest BCUT2D eigenvalue weighted by Gasteiger charge is 2.05. The molecule has 0 aliphatic rings. The molecule has 0 aromatic rings. The maximum absolute atomic E-state index is 2.87. The van der Waals surface area contributed by atoms with E-state index >= 15 is 0 Å². The van der Waals surface area contributed by atoms with Gasteiger partial charge in [0, 0.05) is 0 Å². The van der Waals surface area contributed by atoms with E-state index in [1.54, 1.807) is 0 Å². The third-order valence-electron chi connectivity index (χ3n) is 12.6. The van der Waals surface area contributed by atoms with Gasteiger partial charge in [-0.3, -0.25) is 0 Å². The van der Waals surface area contributed by atoms with Gasteiger partial charge in [-0.25, -0.2) is 0 Å². The minimum absolute atomic E-state index is 1.30. The molecular weight excluding hydrogens is 675 g/mol. The third-order valence-corrected chi connectivity index (χ3v) is 12.6. The second-order valence-electron chi connectivity index (χ2n) is 18.4. The number of nitrogens with zero attached hydrogens (tertiary/aromatic N) is 1. The van der Waals surface area contributed by atoms with E-state index in [0.717, 1.165) is 0 Å². The molecule has 0 aliphatic carbocycles. The number of unbranched alkanes of at least 4 members (excludes halogenated alkanes) is 40. The van der Waals surface area contributed by atoms with E-state index < -0.39 is 0 Å². The molecule has 0 unspecified atom stereocenters. The summed E-state index contributed by atoms with van der Waals surface area (Å²) >= 11 is 0. The fourth-order valence-electron chi connectivity index (χ4n) is 8.56. The molecule has 0 heterocycles. The lowest BCUT2D eigenvalue weighted by atomic mass is 10.0. The van der Waals surface area contributed by atoms with E-state index in [0.29, 0.717) is 0 Å². The van der Waals surface area contributed by atoms with Gasteiger partial charge in [0.1, 0.15) is 0 Å². The first-order valence-electron chi connectivity index (χ1n) is 26.9. The lowest BCUT2D eigenvalue weighted by Gasteiger charge is -2.22. The Balaban J connectivity index is 4.01. The average Bonchev–Trinajstić information content (AvgIpc) is 3.21. The second kappa shape index (κ2) is 52.5. The lowest BCUT2D eigenvalue weighted by Crippen LogP contribution is -2.27. The predicted molar refractivity (Wildman–Crippen MR) is 260 cm³/mol. The molecule has 0 saturated carbocycles. The van der Waals surface area contributed by atoms with Crippen LogP contribution >= 0.6 is 0 Å². The molecule has 0 N–H and O–H groups in total. The van der Waals surface area contributed by atoms with Crippen molar-refractivity contribution in [2.24, 2.45) is 0 Å². The molecule has 0 rings (SSSR count). The molecule has 1 heteroatoms.